The van der Waals surface area contributed by atoms with Gasteiger partial charge in [-0.15, -0.1) is 6.58 Å². The van der Waals surface area contributed by atoms with Gasteiger partial charge in [0.15, 0.2) is 0 Å². The second-order valence-corrected chi connectivity index (χ2v) is 6.96. The highest BCUT2D eigenvalue weighted by Crippen LogP contribution is 2.34. The van der Waals surface area contributed by atoms with Gasteiger partial charge in [-0.3, -0.25) is 9.69 Å². The molecule has 1 saturated heterocycles. The van der Waals surface area contributed by atoms with Crippen LogP contribution in [0.15, 0.2) is 43.0 Å². The molecule has 1 N–H and O–H groups in total. The van der Waals surface area contributed by atoms with Crippen LogP contribution >= 0.6 is 0 Å². The largest absolute Gasteiger partial charge is 0.444 e. The van der Waals surface area contributed by atoms with Gasteiger partial charge in [-0.05, 0) is 32.8 Å². The fourth-order valence-corrected chi connectivity index (χ4v) is 2.97. The Morgan fingerprint density at radius 3 is 2.58 bits per heavy atom. The van der Waals surface area contributed by atoms with Crippen molar-refractivity contribution in [2.45, 2.75) is 44.8 Å². The highest BCUT2D eigenvalue weighted by Gasteiger charge is 2.43. The summed E-state index contributed by atoms with van der Waals surface area (Å²) < 4.78 is 5.48. The first-order chi connectivity index (χ1) is 11.3. The van der Waals surface area contributed by atoms with Crippen molar-refractivity contribution in [2.75, 3.05) is 13.1 Å². The average molecular weight is 330 g/mol. The van der Waals surface area contributed by atoms with E-state index < -0.39 is 17.7 Å². The second-order valence-electron chi connectivity index (χ2n) is 6.96. The molecule has 2 rings (SSSR count). The molecular formula is C19H26N2O3. The fourth-order valence-electron chi connectivity index (χ4n) is 2.97. The van der Waals surface area contributed by atoms with E-state index in [-0.39, 0.29) is 11.8 Å². The van der Waals surface area contributed by atoms with E-state index in [0.717, 1.165) is 12.0 Å². The molecule has 1 aromatic carbocycles. The van der Waals surface area contributed by atoms with Crippen molar-refractivity contribution in [1.29, 1.82) is 0 Å². The number of nitrogens with zero attached hydrogens (tertiary/aromatic N) is 1. The minimum atomic E-state index is -0.593. The van der Waals surface area contributed by atoms with Gasteiger partial charge < -0.3 is 10.1 Å². The number of likely N-dealkylation sites (tertiary alicyclic amines) is 1. The zero-order valence-corrected chi connectivity index (χ0v) is 14.6. The van der Waals surface area contributed by atoms with Crippen LogP contribution in [0.5, 0.6) is 0 Å². The van der Waals surface area contributed by atoms with Crippen molar-refractivity contribution in [1.82, 2.24) is 10.2 Å². The summed E-state index contributed by atoms with van der Waals surface area (Å²) in [5.41, 5.74) is 0.465. The molecule has 0 saturated carbocycles. The Bertz CT molecular complexity index is 592. The third-order valence-electron chi connectivity index (χ3n) is 3.94. The van der Waals surface area contributed by atoms with Crippen LogP contribution in [-0.4, -0.2) is 41.6 Å². The lowest BCUT2D eigenvalue weighted by Crippen LogP contribution is -2.49. The minimum Gasteiger partial charge on any atom is -0.444 e. The Hall–Kier alpha value is -2.30. The highest BCUT2D eigenvalue weighted by atomic mass is 16.6. The summed E-state index contributed by atoms with van der Waals surface area (Å²) in [7, 11) is 0. The van der Waals surface area contributed by atoms with Crippen LogP contribution in [0.1, 0.15) is 38.7 Å². The SMILES string of the molecule is C=CCNC(=O)[C@@H]1[C@@H](c2ccccc2)CCN1C(=O)OC(C)(C)C. The standard InChI is InChI=1S/C19H26N2O3/c1-5-12-20-17(22)16-15(14-9-7-6-8-10-14)11-13-21(16)18(23)24-19(2,3)4/h5-10,15-16H,1,11-13H2,2-4H3,(H,20,22)/t15-,16+/m1/s1. The van der Waals surface area contributed by atoms with Crippen molar-refractivity contribution >= 4 is 12.0 Å². The summed E-state index contributed by atoms with van der Waals surface area (Å²) in [6.07, 6.45) is 1.91. The number of nitrogens with one attached hydrogen (secondary N) is 1. The van der Waals surface area contributed by atoms with E-state index in [2.05, 4.69) is 11.9 Å². The molecule has 5 nitrogen and oxygen atoms in total. The van der Waals surface area contributed by atoms with Gasteiger partial charge in [-0.25, -0.2) is 4.79 Å². The molecule has 2 amide bonds. The van der Waals surface area contributed by atoms with Crippen molar-refractivity contribution in [3.8, 4) is 0 Å². The topological polar surface area (TPSA) is 58.6 Å². The summed E-state index contributed by atoms with van der Waals surface area (Å²) in [5.74, 6) is -0.212. The van der Waals surface area contributed by atoms with E-state index in [1.165, 1.54) is 0 Å². The summed E-state index contributed by atoms with van der Waals surface area (Å²) in [5, 5.41) is 2.82. The Morgan fingerprint density at radius 1 is 1.33 bits per heavy atom. The molecular weight excluding hydrogens is 304 g/mol. The minimum absolute atomic E-state index is 0.0384. The first kappa shape index (κ1) is 18.0. The zero-order chi connectivity index (χ0) is 17.7. The Labute approximate surface area is 143 Å². The lowest BCUT2D eigenvalue weighted by Gasteiger charge is -2.30. The average Bonchev–Trinajstić information content (AvgIpc) is 2.97. The highest BCUT2D eigenvalue weighted by molar-refractivity contribution is 5.87. The maximum absolute atomic E-state index is 12.7. The number of hydrogen-bond donors (Lipinski definition) is 1. The van der Waals surface area contributed by atoms with Crippen LogP contribution < -0.4 is 5.32 Å². The maximum atomic E-state index is 12.7. The second kappa shape index (κ2) is 7.51. The number of hydrogen-bond acceptors (Lipinski definition) is 3. The van der Waals surface area contributed by atoms with Crippen LogP contribution in [-0.2, 0) is 9.53 Å². The first-order valence-corrected chi connectivity index (χ1v) is 8.26. The molecule has 0 spiro atoms. The molecule has 0 aromatic heterocycles. The molecule has 0 bridgehead atoms. The third kappa shape index (κ3) is 4.37. The number of benzene rings is 1. The number of rotatable bonds is 4. The summed E-state index contributed by atoms with van der Waals surface area (Å²) in [4.78, 5) is 26.7. The van der Waals surface area contributed by atoms with Gasteiger partial charge in [-0.2, -0.15) is 0 Å². The zero-order valence-electron chi connectivity index (χ0n) is 14.6. The van der Waals surface area contributed by atoms with Gasteiger partial charge in [0.05, 0.1) is 0 Å². The molecule has 1 fully saturated rings. The van der Waals surface area contributed by atoms with Gasteiger partial charge in [-0.1, -0.05) is 36.4 Å². The molecule has 0 radical (unpaired) electrons. The van der Waals surface area contributed by atoms with E-state index in [1.54, 1.807) is 11.0 Å². The van der Waals surface area contributed by atoms with Crippen molar-refractivity contribution in [2.24, 2.45) is 0 Å². The summed E-state index contributed by atoms with van der Waals surface area (Å²) in [6.45, 7) is 9.96. The van der Waals surface area contributed by atoms with Gasteiger partial charge in [0.2, 0.25) is 5.91 Å². The van der Waals surface area contributed by atoms with E-state index in [4.69, 9.17) is 4.74 Å². The van der Waals surface area contributed by atoms with Crippen LogP contribution in [0.3, 0.4) is 0 Å². The summed E-state index contributed by atoms with van der Waals surface area (Å²) >= 11 is 0. The number of ether oxygens (including phenoxy) is 1. The number of amides is 2. The van der Waals surface area contributed by atoms with Gasteiger partial charge in [0.1, 0.15) is 11.6 Å². The molecule has 130 valence electrons. The molecule has 1 aromatic rings. The molecule has 0 aliphatic carbocycles. The van der Waals surface area contributed by atoms with Gasteiger partial charge in [0.25, 0.3) is 0 Å². The Morgan fingerprint density at radius 2 is 2.00 bits per heavy atom. The van der Waals surface area contributed by atoms with Crippen LogP contribution in [0, 0.1) is 0 Å². The Kier molecular flexibility index (Phi) is 5.65. The van der Waals surface area contributed by atoms with Crippen molar-refractivity contribution in [3.63, 3.8) is 0 Å². The molecule has 0 unspecified atom stereocenters. The lowest BCUT2D eigenvalue weighted by atomic mass is 9.91. The van der Waals surface area contributed by atoms with E-state index >= 15 is 0 Å². The predicted molar refractivity (Wildman–Crippen MR) is 93.7 cm³/mol. The summed E-state index contributed by atoms with van der Waals surface area (Å²) in [6, 6.07) is 9.27. The predicted octanol–water partition coefficient (Wildman–Crippen LogP) is 3.08. The molecule has 1 heterocycles. The Balaban J connectivity index is 2.25. The molecule has 2 atom stereocenters. The van der Waals surface area contributed by atoms with Crippen molar-refractivity contribution < 1.29 is 14.3 Å². The normalized spacial score (nSPS) is 20.5. The van der Waals surface area contributed by atoms with Gasteiger partial charge in [0, 0.05) is 19.0 Å². The molecule has 1 aliphatic rings. The quantitative estimate of drug-likeness (QED) is 0.863. The number of carbonyl (C=O) groups is 2. The molecule has 1 aliphatic heterocycles. The van der Waals surface area contributed by atoms with E-state index in [0.29, 0.717) is 13.1 Å². The van der Waals surface area contributed by atoms with E-state index in [1.807, 2.05) is 51.1 Å². The molecule has 5 heteroatoms. The van der Waals surface area contributed by atoms with Crippen LogP contribution in [0.4, 0.5) is 4.79 Å². The lowest BCUT2D eigenvalue weighted by molar-refractivity contribution is -0.125. The smallest absolute Gasteiger partial charge is 0.410 e. The maximum Gasteiger partial charge on any atom is 0.410 e. The van der Waals surface area contributed by atoms with Crippen LogP contribution in [0.25, 0.3) is 0 Å². The number of carbonyl (C=O) groups excluding carboxylic acids is 2. The van der Waals surface area contributed by atoms with Gasteiger partial charge >= 0.3 is 6.09 Å². The van der Waals surface area contributed by atoms with Crippen molar-refractivity contribution in [3.05, 3.63) is 48.6 Å². The first-order valence-electron chi connectivity index (χ1n) is 8.26. The van der Waals surface area contributed by atoms with Crippen LogP contribution in [0.2, 0.25) is 0 Å². The third-order valence-corrected chi connectivity index (χ3v) is 3.94. The fraction of sp³-hybridized carbons (Fsp3) is 0.474. The van der Waals surface area contributed by atoms with E-state index in [9.17, 15) is 9.59 Å². The monoisotopic (exact) mass is 330 g/mol. The molecule has 24 heavy (non-hydrogen) atoms.